The first kappa shape index (κ1) is 20.3. The Morgan fingerprint density at radius 1 is 1.11 bits per heavy atom. The van der Waals surface area contributed by atoms with Crippen molar-refractivity contribution in [3.05, 3.63) is 54.1 Å². The molecule has 2 aromatic carbocycles. The van der Waals surface area contributed by atoms with Crippen LogP contribution in [-0.4, -0.2) is 51.0 Å². The monoisotopic (exact) mass is 404 g/mol. The number of benzene rings is 2. The Balaban J connectivity index is 1.82. The van der Waals surface area contributed by atoms with Crippen molar-refractivity contribution in [2.45, 2.75) is 31.0 Å². The lowest BCUT2D eigenvalue weighted by molar-refractivity contribution is -0.0440. The topological polar surface area (TPSA) is 84.9 Å². The lowest BCUT2D eigenvalue weighted by atomic mass is 10.2. The molecule has 0 unspecified atom stereocenters. The van der Waals surface area contributed by atoms with Gasteiger partial charge in [-0.15, -0.1) is 0 Å². The smallest absolute Gasteiger partial charge is 0.255 e. The summed E-state index contributed by atoms with van der Waals surface area (Å²) in [6.45, 7) is 4.26. The summed E-state index contributed by atoms with van der Waals surface area (Å²) in [6, 6.07) is 13.0. The minimum Gasteiger partial charge on any atom is -0.497 e. The molecule has 1 N–H and O–H groups in total. The molecule has 0 radical (unpaired) electrons. The summed E-state index contributed by atoms with van der Waals surface area (Å²) >= 11 is 0. The Morgan fingerprint density at radius 3 is 2.46 bits per heavy atom. The molecule has 1 aliphatic heterocycles. The highest BCUT2D eigenvalue weighted by Crippen LogP contribution is 2.23. The third-order valence-corrected chi connectivity index (χ3v) is 6.28. The van der Waals surface area contributed by atoms with Crippen LogP contribution >= 0.6 is 0 Å². The van der Waals surface area contributed by atoms with Gasteiger partial charge < -0.3 is 14.8 Å². The number of morpholine rings is 1. The van der Waals surface area contributed by atoms with Gasteiger partial charge in [-0.25, -0.2) is 8.42 Å². The number of rotatable bonds is 5. The Bertz CT molecular complexity index is 951. The van der Waals surface area contributed by atoms with Gasteiger partial charge in [-0.1, -0.05) is 12.1 Å². The number of methoxy groups -OCH3 is 1. The summed E-state index contributed by atoms with van der Waals surface area (Å²) in [7, 11) is -2.17. The van der Waals surface area contributed by atoms with E-state index in [1.165, 1.54) is 16.4 Å². The number of hydrogen-bond donors (Lipinski definition) is 1. The molecular formula is C20H24N2O5S. The van der Waals surface area contributed by atoms with Crippen molar-refractivity contribution in [1.82, 2.24) is 4.31 Å². The van der Waals surface area contributed by atoms with E-state index in [9.17, 15) is 13.2 Å². The maximum atomic E-state index is 13.0. The third kappa shape index (κ3) is 4.52. The van der Waals surface area contributed by atoms with Gasteiger partial charge in [-0.05, 0) is 44.2 Å². The van der Waals surface area contributed by atoms with Gasteiger partial charge in [-0.3, -0.25) is 4.79 Å². The van der Waals surface area contributed by atoms with Gasteiger partial charge in [-0.2, -0.15) is 4.31 Å². The Labute approximate surface area is 165 Å². The van der Waals surface area contributed by atoms with Crippen molar-refractivity contribution in [3.63, 3.8) is 0 Å². The standard InChI is InChI=1S/C20H24N2O5S/c1-14-12-22(13-15(2)27-14)28(24,25)19-9-4-6-16(10-19)20(23)21-17-7-5-8-18(11-17)26-3/h4-11,14-15H,12-13H2,1-3H3,(H,21,23)/t14-,15+. The highest BCUT2D eigenvalue weighted by molar-refractivity contribution is 7.89. The number of sulfonamides is 1. The molecule has 8 heteroatoms. The molecule has 2 aromatic rings. The van der Waals surface area contributed by atoms with Crippen molar-refractivity contribution in [1.29, 1.82) is 0 Å². The number of carbonyl (C=O) groups excluding carboxylic acids is 1. The molecule has 0 bridgehead atoms. The van der Waals surface area contributed by atoms with Crippen LogP contribution in [0.25, 0.3) is 0 Å². The first-order valence-corrected chi connectivity index (χ1v) is 10.4. The number of amides is 1. The van der Waals surface area contributed by atoms with Gasteiger partial charge in [0.15, 0.2) is 0 Å². The van der Waals surface area contributed by atoms with Crippen molar-refractivity contribution < 1.29 is 22.7 Å². The predicted molar refractivity (Wildman–Crippen MR) is 106 cm³/mol. The summed E-state index contributed by atoms with van der Waals surface area (Å²) in [4.78, 5) is 12.7. The highest BCUT2D eigenvalue weighted by Gasteiger charge is 2.32. The van der Waals surface area contributed by atoms with Gasteiger partial charge in [0.25, 0.3) is 5.91 Å². The molecular weight excluding hydrogens is 380 g/mol. The molecule has 1 amide bonds. The van der Waals surface area contributed by atoms with Crippen LogP contribution in [0.15, 0.2) is 53.4 Å². The van der Waals surface area contributed by atoms with Gasteiger partial charge in [0.1, 0.15) is 5.75 Å². The van der Waals surface area contributed by atoms with Gasteiger partial charge in [0, 0.05) is 30.4 Å². The van der Waals surface area contributed by atoms with E-state index in [2.05, 4.69) is 5.32 Å². The fraction of sp³-hybridized carbons (Fsp3) is 0.350. The average Bonchev–Trinajstić information content (AvgIpc) is 2.67. The van der Waals surface area contributed by atoms with E-state index in [1.807, 2.05) is 13.8 Å². The number of hydrogen-bond acceptors (Lipinski definition) is 5. The summed E-state index contributed by atoms with van der Waals surface area (Å²) in [6.07, 6.45) is -0.365. The van der Waals surface area contributed by atoms with Gasteiger partial charge in [0.05, 0.1) is 24.2 Å². The van der Waals surface area contributed by atoms with E-state index in [0.29, 0.717) is 11.4 Å². The maximum Gasteiger partial charge on any atom is 0.255 e. The van der Waals surface area contributed by atoms with Crippen LogP contribution in [0, 0.1) is 0 Å². The van der Waals surface area contributed by atoms with Crippen molar-refractivity contribution >= 4 is 21.6 Å². The van der Waals surface area contributed by atoms with Crippen LogP contribution in [0.2, 0.25) is 0 Å². The molecule has 0 saturated carbocycles. The third-order valence-electron chi connectivity index (χ3n) is 4.45. The summed E-state index contributed by atoms with van der Waals surface area (Å²) in [5.41, 5.74) is 0.826. The fourth-order valence-corrected chi connectivity index (χ4v) is 4.81. The zero-order valence-corrected chi connectivity index (χ0v) is 16.9. The summed E-state index contributed by atoms with van der Waals surface area (Å²) in [5, 5.41) is 2.76. The zero-order chi connectivity index (χ0) is 20.3. The van der Waals surface area contributed by atoms with Crippen LogP contribution in [0.4, 0.5) is 5.69 Å². The molecule has 1 aliphatic rings. The second-order valence-electron chi connectivity index (χ2n) is 6.79. The Kier molecular flexibility index (Phi) is 6.02. The second-order valence-corrected chi connectivity index (χ2v) is 8.73. The van der Waals surface area contributed by atoms with Gasteiger partial charge in [0.2, 0.25) is 10.0 Å². The number of anilines is 1. The van der Waals surface area contributed by atoms with Crippen molar-refractivity contribution in [3.8, 4) is 5.75 Å². The number of nitrogens with one attached hydrogen (secondary N) is 1. The number of carbonyl (C=O) groups is 1. The van der Waals surface area contributed by atoms with E-state index in [1.54, 1.807) is 43.5 Å². The highest BCUT2D eigenvalue weighted by atomic mass is 32.2. The van der Waals surface area contributed by atoms with Crippen LogP contribution in [0.3, 0.4) is 0 Å². The first-order valence-electron chi connectivity index (χ1n) is 9.00. The van der Waals surface area contributed by atoms with Crippen LogP contribution in [0.1, 0.15) is 24.2 Å². The largest absolute Gasteiger partial charge is 0.497 e. The van der Waals surface area contributed by atoms with Crippen LogP contribution < -0.4 is 10.1 Å². The van der Waals surface area contributed by atoms with Crippen LogP contribution in [-0.2, 0) is 14.8 Å². The minimum absolute atomic E-state index is 0.0899. The van der Waals surface area contributed by atoms with E-state index in [0.717, 1.165) is 0 Å². The molecule has 0 aromatic heterocycles. The minimum atomic E-state index is -3.71. The molecule has 3 rings (SSSR count). The second kappa shape index (κ2) is 8.30. The number of ether oxygens (including phenoxy) is 2. The molecule has 1 heterocycles. The van der Waals surface area contributed by atoms with E-state index in [-0.39, 0.29) is 35.8 Å². The van der Waals surface area contributed by atoms with Gasteiger partial charge >= 0.3 is 0 Å². The lowest BCUT2D eigenvalue weighted by Crippen LogP contribution is -2.48. The Morgan fingerprint density at radius 2 is 1.79 bits per heavy atom. The van der Waals surface area contributed by atoms with E-state index >= 15 is 0 Å². The molecule has 0 aliphatic carbocycles. The maximum absolute atomic E-state index is 13.0. The molecule has 28 heavy (non-hydrogen) atoms. The molecule has 1 fully saturated rings. The summed E-state index contributed by atoms with van der Waals surface area (Å²) in [5.74, 6) is 0.221. The van der Waals surface area contributed by atoms with Crippen molar-refractivity contribution in [2.75, 3.05) is 25.5 Å². The van der Waals surface area contributed by atoms with E-state index < -0.39 is 15.9 Å². The fourth-order valence-electron chi connectivity index (χ4n) is 3.18. The quantitative estimate of drug-likeness (QED) is 0.828. The lowest BCUT2D eigenvalue weighted by Gasteiger charge is -2.34. The SMILES string of the molecule is COc1cccc(NC(=O)c2cccc(S(=O)(=O)N3C[C@@H](C)O[C@@H](C)C3)c2)c1. The predicted octanol–water partition coefficient (Wildman–Crippen LogP) is 2.75. The molecule has 0 spiro atoms. The van der Waals surface area contributed by atoms with Crippen LogP contribution in [0.5, 0.6) is 5.75 Å². The zero-order valence-electron chi connectivity index (χ0n) is 16.1. The molecule has 7 nitrogen and oxygen atoms in total. The van der Waals surface area contributed by atoms with Crippen molar-refractivity contribution in [2.24, 2.45) is 0 Å². The molecule has 2 atom stereocenters. The molecule has 1 saturated heterocycles. The normalized spacial score (nSPS) is 20.5. The Hall–Kier alpha value is -2.42. The first-order chi connectivity index (χ1) is 13.3. The molecule has 150 valence electrons. The number of nitrogens with zero attached hydrogens (tertiary/aromatic N) is 1. The average molecular weight is 404 g/mol. The summed E-state index contributed by atoms with van der Waals surface area (Å²) < 4.78 is 38.2. The van der Waals surface area contributed by atoms with E-state index in [4.69, 9.17) is 9.47 Å².